The van der Waals surface area contributed by atoms with E-state index in [1.54, 1.807) is 0 Å². The highest BCUT2D eigenvalue weighted by atomic mass is 32.1. The molecule has 2 aliphatic rings. The lowest BCUT2D eigenvalue weighted by molar-refractivity contribution is 0.112. The lowest BCUT2D eigenvalue weighted by Gasteiger charge is -2.50. The van der Waals surface area contributed by atoms with Crippen molar-refractivity contribution in [2.75, 3.05) is 0 Å². The van der Waals surface area contributed by atoms with Gasteiger partial charge in [0.2, 0.25) is 0 Å². The van der Waals surface area contributed by atoms with Crippen LogP contribution in [0.1, 0.15) is 91.4 Å². The summed E-state index contributed by atoms with van der Waals surface area (Å²) in [5.41, 5.74) is 6.74. The van der Waals surface area contributed by atoms with Gasteiger partial charge in [-0.15, -0.1) is 0 Å². The molecule has 0 radical (unpaired) electrons. The molecule has 1 aliphatic heterocycles. The number of hydrogen-bond acceptors (Lipinski definition) is 2. The molecule has 2 fully saturated rings. The fraction of sp³-hybridized carbons (Fsp3) is 0.950. The summed E-state index contributed by atoms with van der Waals surface area (Å²) in [6, 6.07) is 1.13. The molecule has 0 aromatic carbocycles. The molecular formula is C20H39BN2S. The fourth-order valence-electron chi connectivity index (χ4n) is 5.16. The molecule has 2 rings (SSSR count). The van der Waals surface area contributed by atoms with Gasteiger partial charge in [0.15, 0.2) is 0 Å². The number of nitrogens with two attached hydrogens (primary N) is 1. The van der Waals surface area contributed by atoms with Gasteiger partial charge < -0.3 is 10.6 Å². The van der Waals surface area contributed by atoms with Gasteiger partial charge in [-0.1, -0.05) is 57.7 Å². The summed E-state index contributed by atoms with van der Waals surface area (Å²) in [5, 5.41) is 0. The fourth-order valence-corrected chi connectivity index (χ4v) is 5.72. The van der Waals surface area contributed by atoms with Crippen molar-refractivity contribution in [3.63, 3.8) is 0 Å². The van der Waals surface area contributed by atoms with Crippen molar-refractivity contribution in [1.82, 2.24) is 4.90 Å². The molecule has 1 heterocycles. The van der Waals surface area contributed by atoms with E-state index in [4.69, 9.17) is 18.0 Å². The van der Waals surface area contributed by atoms with Crippen LogP contribution in [-0.4, -0.2) is 35.3 Å². The smallest absolute Gasteiger partial charge is 0.127 e. The lowest BCUT2D eigenvalue weighted by Crippen LogP contribution is -2.57. The zero-order chi connectivity index (χ0) is 17.7. The van der Waals surface area contributed by atoms with Crippen LogP contribution in [0.3, 0.4) is 0 Å². The largest absolute Gasteiger partial charge is 0.360 e. The molecule has 2 N–H and O–H groups in total. The van der Waals surface area contributed by atoms with Crippen LogP contribution in [0, 0.1) is 11.8 Å². The number of thiocarbonyl (C=S) groups is 1. The highest BCUT2D eigenvalue weighted by molar-refractivity contribution is 7.80. The second-order valence-corrected chi connectivity index (χ2v) is 9.47. The topological polar surface area (TPSA) is 29.3 Å². The van der Waals surface area contributed by atoms with E-state index in [-0.39, 0.29) is 5.44 Å². The van der Waals surface area contributed by atoms with E-state index in [1.165, 1.54) is 75.6 Å². The summed E-state index contributed by atoms with van der Waals surface area (Å²) in [4.78, 5) is 3.87. The number of rotatable bonds is 3. The van der Waals surface area contributed by atoms with Gasteiger partial charge in [-0.3, -0.25) is 0 Å². The van der Waals surface area contributed by atoms with Crippen molar-refractivity contribution in [3.05, 3.63) is 0 Å². The Morgan fingerprint density at radius 3 is 2.58 bits per heavy atom. The molecule has 1 saturated carbocycles. The van der Waals surface area contributed by atoms with Gasteiger partial charge in [0.1, 0.15) is 7.85 Å². The number of fused-ring (bicyclic) bond motifs is 1. The van der Waals surface area contributed by atoms with Crippen molar-refractivity contribution < 1.29 is 0 Å². The van der Waals surface area contributed by atoms with E-state index >= 15 is 0 Å². The Kier molecular flexibility index (Phi) is 7.61. The summed E-state index contributed by atoms with van der Waals surface area (Å²) < 4.78 is 0. The maximum Gasteiger partial charge on any atom is 0.127 e. The molecule has 4 heteroatoms. The molecule has 1 saturated heterocycles. The SMILES string of the molecule is BC1(N)CCCCCCCC2C(CC(CCC)C(=S)N2C(C)C)C1. The third kappa shape index (κ3) is 5.21. The van der Waals surface area contributed by atoms with Gasteiger partial charge in [-0.2, -0.15) is 0 Å². The van der Waals surface area contributed by atoms with Gasteiger partial charge in [-0.25, -0.2) is 0 Å². The molecule has 138 valence electrons. The van der Waals surface area contributed by atoms with Gasteiger partial charge in [0, 0.05) is 18.0 Å². The normalized spacial score (nSPS) is 36.3. The van der Waals surface area contributed by atoms with Crippen molar-refractivity contribution in [2.45, 2.75) is 109 Å². The average Bonchev–Trinajstić information content (AvgIpc) is 2.52. The van der Waals surface area contributed by atoms with Crippen LogP contribution in [0.4, 0.5) is 0 Å². The van der Waals surface area contributed by atoms with E-state index in [2.05, 4.69) is 33.5 Å². The first-order chi connectivity index (χ1) is 11.4. The minimum Gasteiger partial charge on any atom is -0.360 e. The minimum atomic E-state index is -0.00830. The zero-order valence-corrected chi connectivity index (χ0v) is 17.3. The minimum absolute atomic E-state index is 0.00830. The monoisotopic (exact) mass is 350 g/mol. The molecule has 4 unspecified atom stereocenters. The third-order valence-electron chi connectivity index (χ3n) is 6.26. The Labute approximate surface area is 156 Å². The molecule has 0 spiro atoms. The van der Waals surface area contributed by atoms with E-state index in [9.17, 15) is 0 Å². The van der Waals surface area contributed by atoms with Gasteiger partial charge in [0.25, 0.3) is 0 Å². The quantitative estimate of drug-likeness (QED) is 0.609. The van der Waals surface area contributed by atoms with E-state index in [0.29, 0.717) is 23.9 Å². The number of piperidine rings is 1. The molecule has 0 bridgehead atoms. The maximum atomic E-state index is 6.75. The summed E-state index contributed by atoms with van der Waals surface area (Å²) in [5.74, 6) is 1.30. The Bertz CT molecular complexity index is 410. The summed E-state index contributed by atoms with van der Waals surface area (Å²) in [7, 11) is 2.30. The summed E-state index contributed by atoms with van der Waals surface area (Å²) >= 11 is 5.98. The Morgan fingerprint density at radius 1 is 1.25 bits per heavy atom. The van der Waals surface area contributed by atoms with Crippen LogP contribution in [0.5, 0.6) is 0 Å². The molecule has 4 atom stereocenters. The van der Waals surface area contributed by atoms with Gasteiger partial charge in [0.05, 0.1) is 4.99 Å². The van der Waals surface area contributed by atoms with E-state index in [1.807, 2.05) is 0 Å². The molecule has 24 heavy (non-hydrogen) atoms. The standard InChI is InChI=1S/C20H39BN2S/c1-4-10-16-13-17-14-20(21,22)12-9-7-5-6-8-11-18(17)23(15(2)3)19(16)24/h15-18H,4-14,21-22H2,1-3H3. The molecule has 1 aliphatic carbocycles. The van der Waals surface area contributed by atoms with Crippen molar-refractivity contribution in [2.24, 2.45) is 17.6 Å². The van der Waals surface area contributed by atoms with Crippen molar-refractivity contribution in [3.8, 4) is 0 Å². The van der Waals surface area contributed by atoms with Crippen molar-refractivity contribution >= 4 is 25.1 Å². The second-order valence-electron chi connectivity index (χ2n) is 9.05. The summed E-state index contributed by atoms with van der Waals surface area (Å²) in [6.07, 6.45) is 14.2. The van der Waals surface area contributed by atoms with Crippen LogP contribution >= 0.6 is 12.2 Å². The Hall–Kier alpha value is -0.0851. The van der Waals surface area contributed by atoms with Crippen molar-refractivity contribution in [1.29, 1.82) is 0 Å². The molecule has 0 aromatic rings. The first-order valence-corrected chi connectivity index (χ1v) is 10.9. The molecule has 0 amide bonds. The number of likely N-dealkylation sites (tertiary alicyclic amines) is 1. The highest BCUT2D eigenvalue weighted by Crippen LogP contribution is 2.40. The zero-order valence-electron chi connectivity index (χ0n) is 16.5. The van der Waals surface area contributed by atoms with Crippen LogP contribution in [0.15, 0.2) is 0 Å². The first kappa shape index (κ1) is 20.2. The van der Waals surface area contributed by atoms with Gasteiger partial charge >= 0.3 is 0 Å². The van der Waals surface area contributed by atoms with Crippen LogP contribution in [0.2, 0.25) is 0 Å². The Morgan fingerprint density at radius 2 is 1.92 bits per heavy atom. The van der Waals surface area contributed by atoms with Gasteiger partial charge in [-0.05, 0) is 57.3 Å². The molecule has 0 aromatic heterocycles. The second kappa shape index (κ2) is 9.03. The number of hydrogen-bond donors (Lipinski definition) is 1. The highest BCUT2D eigenvalue weighted by Gasteiger charge is 2.41. The average molecular weight is 350 g/mol. The molecule has 2 nitrogen and oxygen atoms in total. The maximum absolute atomic E-state index is 6.75. The van der Waals surface area contributed by atoms with Crippen LogP contribution in [0.25, 0.3) is 0 Å². The summed E-state index contributed by atoms with van der Waals surface area (Å²) in [6.45, 7) is 6.94. The van der Waals surface area contributed by atoms with Crippen LogP contribution in [-0.2, 0) is 0 Å². The number of nitrogens with zero attached hydrogens (tertiary/aromatic N) is 1. The Balaban J connectivity index is 2.26. The lowest BCUT2D eigenvalue weighted by atomic mass is 9.65. The molecular weight excluding hydrogens is 311 g/mol. The van der Waals surface area contributed by atoms with E-state index < -0.39 is 0 Å². The van der Waals surface area contributed by atoms with E-state index in [0.717, 1.165) is 0 Å². The third-order valence-corrected chi connectivity index (χ3v) is 6.81. The predicted octanol–water partition coefficient (Wildman–Crippen LogP) is 4.25. The van der Waals surface area contributed by atoms with Crippen LogP contribution < -0.4 is 5.73 Å². The first-order valence-electron chi connectivity index (χ1n) is 10.5. The predicted molar refractivity (Wildman–Crippen MR) is 112 cm³/mol.